The highest BCUT2D eigenvalue weighted by atomic mass is 19.3. The molecular weight excluding hydrogens is 142 g/mol. The fourth-order valence-corrected chi connectivity index (χ4v) is 0.339. The summed E-state index contributed by atoms with van der Waals surface area (Å²) >= 11 is 0. The molecule has 1 atom stereocenters. The van der Waals surface area contributed by atoms with Crippen molar-refractivity contribution in [1.82, 2.24) is 5.32 Å². The average Bonchev–Trinajstić information content (AvgIpc) is 1.82. The average molecular weight is 152 g/mol. The van der Waals surface area contributed by atoms with Gasteiger partial charge in [0, 0.05) is 0 Å². The molecule has 0 aromatic heterocycles. The number of rotatable bonds is 3. The normalized spacial score (nSPS) is 13.3. The van der Waals surface area contributed by atoms with Crippen molar-refractivity contribution in [2.75, 3.05) is 6.54 Å². The second kappa shape index (κ2) is 4.16. The molecule has 0 saturated carbocycles. The van der Waals surface area contributed by atoms with Crippen LogP contribution in [0.2, 0.25) is 0 Å². The van der Waals surface area contributed by atoms with Crippen LogP contribution in [0, 0.1) is 0 Å². The molecule has 0 rings (SSSR count). The smallest absolute Gasteiger partial charge is 0.255 e. The second-order valence-corrected chi connectivity index (χ2v) is 1.92. The fourth-order valence-electron chi connectivity index (χ4n) is 0.339. The van der Waals surface area contributed by atoms with E-state index in [0.717, 1.165) is 0 Å². The second-order valence-electron chi connectivity index (χ2n) is 1.92. The van der Waals surface area contributed by atoms with Crippen LogP contribution in [0.25, 0.3) is 0 Å². The lowest BCUT2D eigenvalue weighted by molar-refractivity contribution is -0.122. The van der Waals surface area contributed by atoms with Gasteiger partial charge in [-0.1, -0.05) is 0 Å². The molecular formula is C5H10F2N2O. The number of nitrogens with one attached hydrogen (secondary N) is 1. The van der Waals surface area contributed by atoms with Gasteiger partial charge in [0.15, 0.2) is 0 Å². The zero-order valence-electron chi connectivity index (χ0n) is 5.60. The Morgan fingerprint density at radius 2 is 2.20 bits per heavy atom. The lowest BCUT2D eigenvalue weighted by atomic mass is 10.3. The van der Waals surface area contributed by atoms with Gasteiger partial charge in [0.25, 0.3) is 6.43 Å². The lowest BCUT2D eigenvalue weighted by Crippen LogP contribution is -2.40. The van der Waals surface area contributed by atoms with Crippen LogP contribution in [0.15, 0.2) is 0 Å². The van der Waals surface area contributed by atoms with Crippen LogP contribution < -0.4 is 11.1 Å². The Kier molecular flexibility index (Phi) is 3.87. The molecule has 0 aliphatic heterocycles. The minimum atomic E-state index is -2.51. The molecule has 3 nitrogen and oxygen atoms in total. The van der Waals surface area contributed by atoms with Crippen molar-refractivity contribution < 1.29 is 13.6 Å². The Balaban J connectivity index is 3.40. The van der Waals surface area contributed by atoms with Gasteiger partial charge in [-0.25, -0.2) is 8.78 Å². The van der Waals surface area contributed by atoms with E-state index < -0.39 is 24.9 Å². The monoisotopic (exact) mass is 152 g/mol. The summed E-state index contributed by atoms with van der Waals surface area (Å²) in [5.41, 5.74) is 5.07. The third kappa shape index (κ3) is 4.20. The van der Waals surface area contributed by atoms with Gasteiger partial charge >= 0.3 is 0 Å². The zero-order chi connectivity index (χ0) is 8.15. The first kappa shape index (κ1) is 9.29. The van der Waals surface area contributed by atoms with Gasteiger partial charge in [-0.2, -0.15) is 0 Å². The molecule has 0 aromatic carbocycles. The maximum absolute atomic E-state index is 11.4. The van der Waals surface area contributed by atoms with E-state index in [0.29, 0.717) is 0 Å². The molecule has 0 unspecified atom stereocenters. The number of halogens is 2. The van der Waals surface area contributed by atoms with Crippen molar-refractivity contribution in [3.05, 3.63) is 0 Å². The number of amides is 1. The van der Waals surface area contributed by atoms with E-state index in [9.17, 15) is 13.6 Å². The molecule has 5 heteroatoms. The molecule has 1 amide bonds. The molecule has 0 aromatic rings. The van der Waals surface area contributed by atoms with Crippen molar-refractivity contribution in [1.29, 1.82) is 0 Å². The molecule has 0 bridgehead atoms. The molecule has 10 heavy (non-hydrogen) atoms. The van der Waals surface area contributed by atoms with E-state index in [-0.39, 0.29) is 0 Å². The summed E-state index contributed by atoms with van der Waals surface area (Å²) < 4.78 is 22.8. The Hall–Kier alpha value is -0.710. The summed E-state index contributed by atoms with van der Waals surface area (Å²) in [4.78, 5) is 10.5. The number of alkyl halides is 2. The Bertz CT molecular complexity index is 116. The molecule has 0 saturated heterocycles. The maximum atomic E-state index is 11.4. The van der Waals surface area contributed by atoms with Crippen molar-refractivity contribution in [3.63, 3.8) is 0 Å². The lowest BCUT2D eigenvalue weighted by Gasteiger charge is -2.05. The summed E-state index contributed by atoms with van der Waals surface area (Å²) in [5, 5.41) is 1.97. The zero-order valence-corrected chi connectivity index (χ0v) is 5.60. The van der Waals surface area contributed by atoms with Gasteiger partial charge in [-0.05, 0) is 6.92 Å². The van der Waals surface area contributed by atoms with Crippen molar-refractivity contribution in [2.45, 2.75) is 19.4 Å². The predicted molar refractivity (Wildman–Crippen MR) is 32.7 cm³/mol. The van der Waals surface area contributed by atoms with E-state index >= 15 is 0 Å². The number of carbonyl (C=O) groups excluding carboxylic acids is 1. The van der Waals surface area contributed by atoms with Crippen LogP contribution in [-0.2, 0) is 4.79 Å². The molecule has 0 radical (unpaired) electrons. The van der Waals surface area contributed by atoms with E-state index in [1.54, 1.807) is 0 Å². The molecule has 0 aliphatic rings. The minimum absolute atomic E-state index is 0.555. The van der Waals surface area contributed by atoms with Crippen LogP contribution >= 0.6 is 0 Å². The van der Waals surface area contributed by atoms with Gasteiger partial charge in [0.05, 0.1) is 12.6 Å². The van der Waals surface area contributed by atoms with Gasteiger partial charge in [-0.15, -0.1) is 0 Å². The summed E-state index contributed by atoms with van der Waals surface area (Å²) in [6.07, 6.45) is -2.51. The molecule has 0 fully saturated rings. The van der Waals surface area contributed by atoms with Crippen LogP contribution in [0.5, 0.6) is 0 Å². The third-order valence-electron chi connectivity index (χ3n) is 0.844. The third-order valence-corrected chi connectivity index (χ3v) is 0.844. The fraction of sp³-hybridized carbons (Fsp3) is 0.800. The highest BCUT2D eigenvalue weighted by Gasteiger charge is 2.08. The van der Waals surface area contributed by atoms with E-state index in [1.165, 1.54) is 6.92 Å². The maximum Gasteiger partial charge on any atom is 0.255 e. The number of hydrogen-bond acceptors (Lipinski definition) is 2. The molecule has 60 valence electrons. The van der Waals surface area contributed by atoms with Crippen LogP contribution in [0.3, 0.4) is 0 Å². The first-order chi connectivity index (χ1) is 4.54. The van der Waals surface area contributed by atoms with Crippen molar-refractivity contribution in [3.8, 4) is 0 Å². The van der Waals surface area contributed by atoms with Gasteiger partial charge < -0.3 is 11.1 Å². The highest BCUT2D eigenvalue weighted by Crippen LogP contribution is 1.87. The largest absolute Gasteiger partial charge is 0.349 e. The first-order valence-electron chi connectivity index (χ1n) is 2.85. The molecule has 0 spiro atoms. The molecule has 3 N–H and O–H groups in total. The van der Waals surface area contributed by atoms with Crippen LogP contribution in [0.4, 0.5) is 8.78 Å². The summed E-state index contributed by atoms with van der Waals surface area (Å²) in [5.74, 6) is -0.555. The Morgan fingerprint density at radius 1 is 1.70 bits per heavy atom. The minimum Gasteiger partial charge on any atom is -0.349 e. The van der Waals surface area contributed by atoms with Crippen molar-refractivity contribution in [2.24, 2.45) is 5.73 Å². The van der Waals surface area contributed by atoms with Crippen LogP contribution in [-0.4, -0.2) is 24.9 Å². The van der Waals surface area contributed by atoms with E-state index in [1.807, 2.05) is 5.32 Å². The first-order valence-corrected chi connectivity index (χ1v) is 2.85. The van der Waals surface area contributed by atoms with Crippen LogP contribution in [0.1, 0.15) is 6.92 Å². The Labute approximate surface area is 57.6 Å². The Morgan fingerprint density at radius 3 is 2.50 bits per heavy atom. The van der Waals surface area contributed by atoms with Gasteiger partial charge in [0.2, 0.25) is 5.91 Å². The molecule has 0 heterocycles. The van der Waals surface area contributed by atoms with Gasteiger partial charge in [-0.3, -0.25) is 4.79 Å². The van der Waals surface area contributed by atoms with E-state index in [4.69, 9.17) is 5.73 Å². The molecule has 0 aliphatic carbocycles. The summed E-state index contributed by atoms with van der Waals surface area (Å²) in [7, 11) is 0. The SMILES string of the molecule is C[C@H](N)C(=O)NCC(F)F. The van der Waals surface area contributed by atoms with E-state index in [2.05, 4.69) is 0 Å². The quantitative estimate of drug-likeness (QED) is 0.584. The standard InChI is InChI=1S/C5H10F2N2O/c1-3(8)5(10)9-2-4(6)7/h3-4H,2,8H2,1H3,(H,9,10)/t3-/m0/s1. The van der Waals surface area contributed by atoms with Gasteiger partial charge in [0.1, 0.15) is 0 Å². The topological polar surface area (TPSA) is 55.1 Å². The predicted octanol–water partition coefficient (Wildman–Crippen LogP) is -0.285. The summed E-state index contributed by atoms with van der Waals surface area (Å²) in [6.45, 7) is 0.807. The number of nitrogens with two attached hydrogens (primary N) is 1. The van der Waals surface area contributed by atoms with Crippen molar-refractivity contribution >= 4 is 5.91 Å². The number of carbonyl (C=O) groups is 1. The number of hydrogen-bond donors (Lipinski definition) is 2. The highest BCUT2D eigenvalue weighted by molar-refractivity contribution is 5.80. The summed E-state index contributed by atoms with van der Waals surface area (Å²) in [6, 6.07) is -0.723.